The van der Waals surface area contributed by atoms with Crippen LogP contribution in [0.3, 0.4) is 0 Å². The van der Waals surface area contributed by atoms with Crippen LogP contribution in [0, 0.1) is 0 Å². The molecule has 1 amide bonds. The number of nitrogens with zero attached hydrogens (tertiary/aromatic N) is 3. The van der Waals surface area contributed by atoms with Crippen molar-refractivity contribution in [2.45, 2.75) is 31.7 Å². The predicted octanol–water partition coefficient (Wildman–Crippen LogP) is 2.81. The van der Waals surface area contributed by atoms with Crippen LogP contribution in [-0.4, -0.2) is 28.0 Å². The van der Waals surface area contributed by atoms with Gasteiger partial charge < -0.3 is 15.8 Å². The van der Waals surface area contributed by atoms with E-state index in [4.69, 9.17) is 10.5 Å². The van der Waals surface area contributed by atoms with Gasteiger partial charge in [-0.25, -0.2) is 9.97 Å². The van der Waals surface area contributed by atoms with Crippen molar-refractivity contribution in [2.24, 2.45) is 0 Å². The Morgan fingerprint density at radius 1 is 1.19 bits per heavy atom. The van der Waals surface area contributed by atoms with E-state index in [2.05, 4.69) is 26.3 Å². The second kappa shape index (κ2) is 7.19. The Morgan fingerprint density at radius 2 is 2.00 bits per heavy atom. The molecule has 0 spiro atoms. The molecule has 3 aromatic rings. The number of hydrogen-bond donors (Lipinski definition) is 2. The van der Waals surface area contributed by atoms with Gasteiger partial charge in [0.1, 0.15) is 17.0 Å². The van der Waals surface area contributed by atoms with E-state index < -0.39 is 0 Å². The van der Waals surface area contributed by atoms with E-state index >= 15 is 0 Å². The van der Waals surface area contributed by atoms with Gasteiger partial charge >= 0.3 is 0 Å². The number of rotatable bonds is 5. The summed E-state index contributed by atoms with van der Waals surface area (Å²) in [4.78, 5) is 25.8. The second-order valence-corrected chi connectivity index (χ2v) is 6.65. The maximum absolute atomic E-state index is 12.7. The third kappa shape index (κ3) is 3.40. The van der Waals surface area contributed by atoms with Crippen molar-refractivity contribution in [3.8, 4) is 5.75 Å². The molecule has 0 saturated heterocycles. The minimum atomic E-state index is -0.321. The van der Waals surface area contributed by atoms with Crippen molar-refractivity contribution in [1.82, 2.24) is 20.3 Å². The summed E-state index contributed by atoms with van der Waals surface area (Å²) in [6.45, 7) is 0.328. The van der Waals surface area contributed by atoms with Crippen molar-refractivity contribution >= 4 is 22.8 Å². The lowest BCUT2D eigenvalue weighted by Crippen LogP contribution is -2.25. The minimum Gasteiger partial charge on any atom is -0.494 e. The van der Waals surface area contributed by atoms with Gasteiger partial charge in [-0.3, -0.25) is 9.78 Å². The van der Waals surface area contributed by atoms with E-state index in [0.717, 1.165) is 11.4 Å². The number of aromatic nitrogens is 3. The smallest absolute Gasteiger partial charge is 0.271 e. The van der Waals surface area contributed by atoms with Crippen molar-refractivity contribution < 1.29 is 9.53 Å². The first-order valence-electron chi connectivity index (χ1n) is 9.00. The highest BCUT2D eigenvalue weighted by atomic mass is 16.5. The molecule has 2 heterocycles. The lowest BCUT2D eigenvalue weighted by Gasteiger charge is -2.25. The number of anilines is 1. The fourth-order valence-corrected chi connectivity index (χ4v) is 3.26. The van der Waals surface area contributed by atoms with E-state index in [1.54, 1.807) is 25.3 Å². The van der Waals surface area contributed by atoms with Crippen molar-refractivity contribution in [3.63, 3.8) is 0 Å². The van der Waals surface area contributed by atoms with Gasteiger partial charge in [0.05, 0.1) is 19.3 Å². The van der Waals surface area contributed by atoms with Gasteiger partial charge in [0, 0.05) is 17.0 Å². The third-order valence-corrected chi connectivity index (χ3v) is 4.92. The van der Waals surface area contributed by atoms with Crippen LogP contribution in [0.4, 0.5) is 5.95 Å². The number of amides is 1. The van der Waals surface area contributed by atoms with Crippen LogP contribution in [0.2, 0.25) is 0 Å². The zero-order valence-corrected chi connectivity index (χ0v) is 15.1. The molecule has 0 atom stereocenters. The Hall–Kier alpha value is -3.22. The van der Waals surface area contributed by atoms with E-state index in [1.807, 2.05) is 12.1 Å². The van der Waals surface area contributed by atoms with Crippen molar-refractivity contribution in [3.05, 3.63) is 53.5 Å². The number of ether oxygens (including phenoxy) is 1. The molecule has 138 valence electrons. The van der Waals surface area contributed by atoms with Crippen molar-refractivity contribution in [1.29, 1.82) is 0 Å². The molecular formula is C20H21N5O2. The average Bonchev–Trinajstić information content (AvgIpc) is 2.64. The molecule has 0 aliphatic heterocycles. The summed E-state index contributed by atoms with van der Waals surface area (Å²) in [6, 6.07) is 11.3. The lowest BCUT2D eigenvalue weighted by molar-refractivity contribution is 0.0947. The first kappa shape index (κ1) is 17.2. The van der Waals surface area contributed by atoms with Gasteiger partial charge in [-0.15, -0.1) is 0 Å². The number of nitrogens with two attached hydrogens (primary N) is 1. The average molecular weight is 363 g/mol. The van der Waals surface area contributed by atoms with Crippen LogP contribution in [0.15, 0.2) is 36.4 Å². The molecule has 1 aliphatic rings. The van der Waals surface area contributed by atoms with E-state index in [-0.39, 0.29) is 17.5 Å². The first-order valence-corrected chi connectivity index (χ1v) is 9.00. The van der Waals surface area contributed by atoms with Gasteiger partial charge in [0.25, 0.3) is 5.91 Å². The zero-order chi connectivity index (χ0) is 18.8. The number of fused-ring (bicyclic) bond motifs is 1. The quantitative estimate of drug-likeness (QED) is 0.722. The highest BCUT2D eigenvalue weighted by Gasteiger charge is 2.21. The molecule has 7 nitrogen and oxygen atoms in total. The number of para-hydroxylation sites is 1. The fraction of sp³-hybridized carbons (Fsp3) is 0.300. The number of benzene rings is 1. The van der Waals surface area contributed by atoms with Crippen LogP contribution in [0.5, 0.6) is 5.75 Å². The standard InChI is InChI=1S/C20H21N5O2/c1-27-16-10-4-8-14-17(16)24-20(21)25-18(14)19(26)22-11-13-7-3-9-15(23-13)12-5-2-6-12/h3-4,7-10,12H,2,5-6,11H2,1H3,(H,22,26)(H2,21,24,25). The van der Waals surface area contributed by atoms with E-state index in [1.165, 1.54) is 19.3 Å². The number of hydrogen-bond acceptors (Lipinski definition) is 6. The Bertz CT molecular complexity index is 1000. The van der Waals surface area contributed by atoms with Crippen molar-refractivity contribution in [2.75, 3.05) is 12.8 Å². The summed E-state index contributed by atoms with van der Waals surface area (Å²) >= 11 is 0. The SMILES string of the molecule is COc1cccc2c(C(=O)NCc3cccc(C4CCC4)n3)nc(N)nc12. The fourth-order valence-electron chi connectivity index (χ4n) is 3.26. The van der Waals surface area contributed by atoms with Gasteiger partial charge in [-0.05, 0) is 31.0 Å². The maximum atomic E-state index is 12.7. The summed E-state index contributed by atoms with van der Waals surface area (Å²) in [5.74, 6) is 0.810. The Labute approximate surface area is 157 Å². The number of carbonyl (C=O) groups is 1. The maximum Gasteiger partial charge on any atom is 0.271 e. The molecule has 0 radical (unpaired) electrons. The Morgan fingerprint density at radius 3 is 2.74 bits per heavy atom. The summed E-state index contributed by atoms with van der Waals surface area (Å²) in [5.41, 5.74) is 8.48. The monoisotopic (exact) mass is 363 g/mol. The normalized spacial score (nSPS) is 14.0. The number of nitrogens with one attached hydrogen (secondary N) is 1. The number of carbonyl (C=O) groups excluding carboxylic acids is 1. The van der Waals surface area contributed by atoms with E-state index in [9.17, 15) is 4.79 Å². The van der Waals surface area contributed by atoms with Crippen LogP contribution in [0.25, 0.3) is 10.9 Å². The molecule has 1 saturated carbocycles. The van der Waals surface area contributed by atoms with Crippen LogP contribution in [0.1, 0.15) is 47.1 Å². The number of methoxy groups -OCH3 is 1. The molecule has 0 unspecified atom stereocenters. The summed E-state index contributed by atoms with van der Waals surface area (Å²) in [7, 11) is 1.55. The van der Waals surface area contributed by atoms with Gasteiger partial charge in [-0.1, -0.05) is 24.6 Å². The topological polar surface area (TPSA) is 103 Å². The molecule has 1 fully saturated rings. The van der Waals surface area contributed by atoms with Gasteiger partial charge in [0.2, 0.25) is 5.95 Å². The molecule has 1 aliphatic carbocycles. The van der Waals surface area contributed by atoms with Crippen LogP contribution in [-0.2, 0) is 6.54 Å². The molecule has 3 N–H and O–H groups in total. The summed E-state index contributed by atoms with van der Waals surface area (Å²) in [5, 5.41) is 3.48. The minimum absolute atomic E-state index is 0.0299. The summed E-state index contributed by atoms with van der Waals surface area (Å²) < 4.78 is 5.31. The second-order valence-electron chi connectivity index (χ2n) is 6.65. The number of nitrogen functional groups attached to an aromatic ring is 1. The Kier molecular flexibility index (Phi) is 4.58. The van der Waals surface area contributed by atoms with Crippen LogP contribution >= 0.6 is 0 Å². The summed E-state index contributed by atoms with van der Waals surface area (Å²) in [6.07, 6.45) is 3.65. The third-order valence-electron chi connectivity index (χ3n) is 4.92. The molecule has 2 aromatic heterocycles. The van der Waals surface area contributed by atoms with Gasteiger partial charge in [-0.2, -0.15) is 0 Å². The predicted molar refractivity (Wildman–Crippen MR) is 103 cm³/mol. The van der Waals surface area contributed by atoms with Crippen LogP contribution < -0.4 is 15.8 Å². The largest absolute Gasteiger partial charge is 0.494 e. The Balaban J connectivity index is 1.57. The van der Waals surface area contributed by atoms with E-state index in [0.29, 0.717) is 29.1 Å². The lowest BCUT2D eigenvalue weighted by atomic mass is 9.82. The molecular weight excluding hydrogens is 342 g/mol. The molecule has 4 rings (SSSR count). The molecule has 1 aromatic carbocycles. The zero-order valence-electron chi connectivity index (χ0n) is 15.1. The van der Waals surface area contributed by atoms with Gasteiger partial charge in [0.15, 0.2) is 0 Å². The molecule has 7 heteroatoms. The number of pyridine rings is 1. The highest BCUT2D eigenvalue weighted by molar-refractivity contribution is 6.05. The first-order chi connectivity index (χ1) is 13.2. The molecule has 27 heavy (non-hydrogen) atoms. The highest BCUT2D eigenvalue weighted by Crippen LogP contribution is 2.35. The molecule has 0 bridgehead atoms.